The van der Waals surface area contributed by atoms with Crippen LogP contribution in [0.3, 0.4) is 0 Å². The highest BCUT2D eigenvalue weighted by atomic mass is 16.5. The van der Waals surface area contributed by atoms with Gasteiger partial charge in [0.05, 0.1) is 18.0 Å². The fourth-order valence-corrected chi connectivity index (χ4v) is 2.80. The Hall–Kier alpha value is -2.34. The zero-order valence-electron chi connectivity index (χ0n) is 13.9. The average Bonchev–Trinajstić information content (AvgIpc) is 3.26. The average molecular weight is 329 g/mol. The van der Waals surface area contributed by atoms with Gasteiger partial charge in [0.15, 0.2) is 0 Å². The summed E-state index contributed by atoms with van der Waals surface area (Å²) in [6.45, 7) is 3.91. The summed E-state index contributed by atoms with van der Waals surface area (Å²) in [6.07, 6.45) is 7.55. The first-order chi connectivity index (χ1) is 11.7. The first-order valence-corrected chi connectivity index (χ1v) is 8.32. The summed E-state index contributed by atoms with van der Waals surface area (Å²) in [5, 5.41) is 3.00. The van der Waals surface area contributed by atoms with Gasteiger partial charge in [-0.15, -0.1) is 0 Å². The molecule has 3 rings (SSSR count). The van der Waals surface area contributed by atoms with Gasteiger partial charge in [-0.2, -0.15) is 0 Å². The maximum Gasteiger partial charge on any atom is 0.255 e. The molecule has 1 fully saturated rings. The van der Waals surface area contributed by atoms with Crippen molar-refractivity contribution in [3.8, 4) is 5.75 Å². The van der Waals surface area contributed by atoms with Crippen molar-refractivity contribution >= 4 is 5.91 Å². The van der Waals surface area contributed by atoms with Crippen LogP contribution in [0.15, 0.2) is 43.0 Å². The number of rotatable bonds is 7. The number of nitrogens with zero attached hydrogens (tertiary/aromatic N) is 2. The summed E-state index contributed by atoms with van der Waals surface area (Å²) in [7, 11) is 0. The second-order valence-electron chi connectivity index (χ2n) is 6.08. The van der Waals surface area contributed by atoms with Gasteiger partial charge in [-0.3, -0.25) is 4.79 Å². The van der Waals surface area contributed by atoms with E-state index in [9.17, 15) is 4.79 Å². The number of imidazole rings is 1. The predicted octanol–water partition coefficient (Wildman–Crippen LogP) is 2.26. The molecule has 1 amide bonds. The van der Waals surface area contributed by atoms with Gasteiger partial charge in [0.2, 0.25) is 0 Å². The number of nitrogens with one attached hydrogen (secondary N) is 1. The highest BCUT2D eigenvalue weighted by molar-refractivity contribution is 5.97. The van der Waals surface area contributed by atoms with Crippen molar-refractivity contribution in [1.29, 1.82) is 0 Å². The van der Waals surface area contributed by atoms with Crippen LogP contribution in [0.25, 0.3) is 0 Å². The Labute approximate surface area is 141 Å². The van der Waals surface area contributed by atoms with E-state index in [1.807, 2.05) is 35.9 Å². The van der Waals surface area contributed by atoms with Crippen LogP contribution in [0.5, 0.6) is 5.75 Å². The maximum absolute atomic E-state index is 12.6. The molecule has 24 heavy (non-hydrogen) atoms. The minimum atomic E-state index is -0.134. The van der Waals surface area contributed by atoms with E-state index in [0.29, 0.717) is 24.5 Å². The standard InChI is InChI=1S/C18H23N3O3/c1-14(11-21-9-8-19-13-21)20-18(22)16-6-2-3-7-17(16)24-12-15-5-4-10-23-15/h2-3,6-9,13-15H,4-5,10-12H2,1H3,(H,20,22)/t14-,15-/m1/s1. The molecular formula is C18H23N3O3. The SMILES string of the molecule is C[C@H](Cn1ccnc1)NC(=O)c1ccccc1OC[C@H]1CCCO1. The lowest BCUT2D eigenvalue weighted by molar-refractivity contribution is 0.0670. The first-order valence-electron chi connectivity index (χ1n) is 8.32. The van der Waals surface area contributed by atoms with E-state index < -0.39 is 0 Å². The van der Waals surface area contributed by atoms with Crippen LogP contribution < -0.4 is 10.1 Å². The largest absolute Gasteiger partial charge is 0.490 e. The molecule has 1 aromatic carbocycles. The second kappa shape index (κ2) is 7.97. The van der Waals surface area contributed by atoms with E-state index in [1.54, 1.807) is 18.6 Å². The third-order valence-electron chi connectivity index (χ3n) is 4.00. The van der Waals surface area contributed by atoms with Gasteiger partial charge in [0, 0.05) is 31.6 Å². The molecule has 1 aliphatic rings. The molecule has 0 unspecified atom stereocenters. The smallest absolute Gasteiger partial charge is 0.255 e. The topological polar surface area (TPSA) is 65.4 Å². The zero-order valence-corrected chi connectivity index (χ0v) is 13.9. The number of benzene rings is 1. The normalized spacial score (nSPS) is 18.3. The van der Waals surface area contributed by atoms with Crippen LogP contribution in [-0.2, 0) is 11.3 Å². The van der Waals surface area contributed by atoms with E-state index >= 15 is 0 Å². The van der Waals surface area contributed by atoms with Crippen LogP contribution >= 0.6 is 0 Å². The summed E-state index contributed by atoms with van der Waals surface area (Å²) in [4.78, 5) is 16.6. The van der Waals surface area contributed by atoms with Crippen molar-refractivity contribution in [3.05, 3.63) is 48.5 Å². The Bertz CT molecular complexity index is 651. The van der Waals surface area contributed by atoms with Crippen molar-refractivity contribution < 1.29 is 14.3 Å². The van der Waals surface area contributed by atoms with E-state index in [-0.39, 0.29) is 18.1 Å². The van der Waals surface area contributed by atoms with Crippen LogP contribution in [0.1, 0.15) is 30.1 Å². The maximum atomic E-state index is 12.6. The summed E-state index contributed by atoms with van der Waals surface area (Å²) in [6, 6.07) is 7.30. The third kappa shape index (κ3) is 4.35. The Morgan fingerprint density at radius 1 is 1.50 bits per heavy atom. The van der Waals surface area contributed by atoms with Gasteiger partial charge >= 0.3 is 0 Å². The molecule has 0 spiro atoms. The molecule has 1 saturated heterocycles. The number of hydrogen-bond acceptors (Lipinski definition) is 4. The fraction of sp³-hybridized carbons (Fsp3) is 0.444. The number of para-hydroxylation sites is 1. The van der Waals surface area contributed by atoms with Crippen molar-refractivity contribution in [2.24, 2.45) is 0 Å². The van der Waals surface area contributed by atoms with Crippen molar-refractivity contribution in [3.63, 3.8) is 0 Å². The van der Waals surface area contributed by atoms with Gasteiger partial charge in [-0.25, -0.2) is 4.98 Å². The molecule has 0 saturated carbocycles. The van der Waals surface area contributed by atoms with Gasteiger partial charge in [-0.1, -0.05) is 12.1 Å². The fourth-order valence-electron chi connectivity index (χ4n) is 2.80. The Morgan fingerprint density at radius 3 is 3.12 bits per heavy atom. The minimum Gasteiger partial charge on any atom is -0.490 e. The number of carbonyl (C=O) groups excluding carboxylic acids is 1. The molecule has 0 aliphatic carbocycles. The zero-order chi connectivity index (χ0) is 16.8. The van der Waals surface area contributed by atoms with E-state index in [1.165, 1.54) is 0 Å². The van der Waals surface area contributed by atoms with Crippen LogP contribution in [0.4, 0.5) is 0 Å². The summed E-state index contributed by atoms with van der Waals surface area (Å²) in [5.41, 5.74) is 0.549. The van der Waals surface area contributed by atoms with Gasteiger partial charge in [0.1, 0.15) is 12.4 Å². The Morgan fingerprint density at radius 2 is 2.38 bits per heavy atom. The van der Waals surface area contributed by atoms with Crippen LogP contribution in [-0.4, -0.2) is 40.8 Å². The lowest BCUT2D eigenvalue weighted by Crippen LogP contribution is -2.35. The van der Waals surface area contributed by atoms with Crippen LogP contribution in [0.2, 0.25) is 0 Å². The van der Waals surface area contributed by atoms with Gasteiger partial charge < -0.3 is 19.4 Å². The number of carbonyl (C=O) groups is 1. The molecule has 1 N–H and O–H groups in total. The minimum absolute atomic E-state index is 0.0158. The highest BCUT2D eigenvalue weighted by Gasteiger charge is 2.19. The summed E-state index contributed by atoms with van der Waals surface area (Å²) < 4.78 is 13.3. The first kappa shape index (κ1) is 16.5. The van der Waals surface area contributed by atoms with E-state index in [4.69, 9.17) is 9.47 Å². The molecule has 1 aliphatic heterocycles. The van der Waals surface area contributed by atoms with Gasteiger partial charge in [-0.05, 0) is 31.9 Å². The number of amides is 1. The highest BCUT2D eigenvalue weighted by Crippen LogP contribution is 2.20. The molecular weight excluding hydrogens is 306 g/mol. The van der Waals surface area contributed by atoms with Crippen molar-refractivity contribution in [1.82, 2.24) is 14.9 Å². The molecule has 0 bridgehead atoms. The van der Waals surface area contributed by atoms with Crippen molar-refractivity contribution in [2.75, 3.05) is 13.2 Å². The van der Waals surface area contributed by atoms with Gasteiger partial charge in [0.25, 0.3) is 5.91 Å². The molecule has 6 nitrogen and oxygen atoms in total. The molecule has 2 atom stereocenters. The number of aromatic nitrogens is 2. The summed E-state index contributed by atoms with van der Waals surface area (Å²) >= 11 is 0. The molecule has 2 heterocycles. The molecule has 1 aromatic heterocycles. The van der Waals surface area contributed by atoms with Crippen molar-refractivity contribution in [2.45, 2.75) is 38.5 Å². The summed E-state index contributed by atoms with van der Waals surface area (Å²) in [5.74, 6) is 0.464. The van der Waals surface area contributed by atoms with Crippen LogP contribution in [0, 0.1) is 0 Å². The van der Waals surface area contributed by atoms with E-state index in [0.717, 1.165) is 19.4 Å². The number of hydrogen-bond donors (Lipinski definition) is 1. The molecule has 0 radical (unpaired) electrons. The number of ether oxygens (including phenoxy) is 2. The quantitative estimate of drug-likeness (QED) is 0.846. The second-order valence-corrected chi connectivity index (χ2v) is 6.08. The van der Waals surface area contributed by atoms with E-state index in [2.05, 4.69) is 10.3 Å². The Kier molecular flexibility index (Phi) is 5.48. The monoisotopic (exact) mass is 329 g/mol. The molecule has 2 aromatic rings. The lowest BCUT2D eigenvalue weighted by atomic mass is 10.1. The predicted molar refractivity (Wildman–Crippen MR) is 90.1 cm³/mol. The lowest BCUT2D eigenvalue weighted by Gasteiger charge is -2.17. The molecule has 6 heteroatoms. The molecule has 128 valence electrons. The third-order valence-corrected chi connectivity index (χ3v) is 4.00. The Balaban J connectivity index is 1.59.